The molecule has 33 heavy (non-hydrogen) atoms. The fourth-order valence-electron chi connectivity index (χ4n) is 6.46. The van der Waals surface area contributed by atoms with Gasteiger partial charge in [0.05, 0.1) is 18.3 Å². The van der Waals surface area contributed by atoms with Crippen molar-refractivity contribution in [2.24, 2.45) is 53.3 Å². The topological polar surface area (TPSA) is 60.7 Å². The second-order valence-corrected chi connectivity index (χ2v) is 13.2. The van der Waals surface area contributed by atoms with Gasteiger partial charge in [-0.3, -0.25) is 0 Å². The number of rotatable bonds is 3. The number of aliphatic hydroxyl groups excluding tert-OH is 3. The number of hydrogen-bond donors (Lipinski definition) is 3. The van der Waals surface area contributed by atoms with Gasteiger partial charge in [-0.05, 0) is 91.8 Å². The van der Waals surface area contributed by atoms with Crippen molar-refractivity contribution >= 4 is 0 Å². The molecule has 0 aromatic carbocycles. The van der Waals surface area contributed by atoms with Crippen LogP contribution in [-0.2, 0) is 0 Å². The highest BCUT2D eigenvalue weighted by Gasteiger charge is 2.30. The molecule has 3 saturated carbocycles. The van der Waals surface area contributed by atoms with E-state index >= 15 is 0 Å². The highest BCUT2D eigenvalue weighted by Crippen LogP contribution is 2.34. The summed E-state index contributed by atoms with van der Waals surface area (Å²) < 4.78 is 0. The Morgan fingerprint density at radius 1 is 0.424 bits per heavy atom. The van der Waals surface area contributed by atoms with Gasteiger partial charge in [0.25, 0.3) is 0 Å². The minimum Gasteiger partial charge on any atom is -0.393 e. The van der Waals surface area contributed by atoms with Crippen LogP contribution in [0.1, 0.15) is 120 Å². The van der Waals surface area contributed by atoms with Gasteiger partial charge in [0.1, 0.15) is 0 Å². The molecule has 3 nitrogen and oxygen atoms in total. The molecule has 9 atom stereocenters. The first-order chi connectivity index (χ1) is 15.3. The molecule has 6 unspecified atom stereocenters. The number of aliphatic hydroxyl groups is 3. The van der Waals surface area contributed by atoms with Crippen LogP contribution in [0.2, 0.25) is 0 Å². The van der Waals surface area contributed by atoms with Crippen molar-refractivity contribution < 1.29 is 15.3 Å². The van der Waals surface area contributed by atoms with Crippen molar-refractivity contribution in [1.82, 2.24) is 0 Å². The van der Waals surface area contributed by atoms with E-state index in [-0.39, 0.29) is 18.3 Å². The van der Waals surface area contributed by atoms with Crippen LogP contribution in [0.3, 0.4) is 0 Å². The molecule has 3 N–H and O–H groups in total. The van der Waals surface area contributed by atoms with E-state index in [1.165, 1.54) is 38.5 Å². The molecular formula is C30H60O3. The van der Waals surface area contributed by atoms with Gasteiger partial charge in [0, 0.05) is 0 Å². The van der Waals surface area contributed by atoms with Gasteiger partial charge in [-0.1, -0.05) is 81.6 Å². The fourth-order valence-corrected chi connectivity index (χ4v) is 6.46. The smallest absolute Gasteiger partial charge is 0.0573 e. The van der Waals surface area contributed by atoms with Gasteiger partial charge in [0.15, 0.2) is 0 Å². The Bertz CT molecular complexity index is 431. The molecule has 0 spiro atoms. The largest absolute Gasteiger partial charge is 0.393 e. The van der Waals surface area contributed by atoms with Crippen molar-refractivity contribution in [1.29, 1.82) is 0 Å². The van der Waals surface area contributed by atoms with E-state index < -0.39 is 0 Å². The molecule has 3 aliphatic rings. The molecule has 3 rings (SSSR count). The van der Waals surface area contributed by atoms with Crippen LogP contribution in [0.25, 0.3) is 0 Å². The van der Waals surface area contributed by atoms with Crippen molar-refractivity contribution in [3.05, 3.63) is 0 Å². The average molecular weight is 469 g/mol. The van der Waals surface area contributed by atoms with Crippen molar-refractivity contribution in [3.63, 3.8) is 0 Å². The molecule has 0 bridgehead atoms. The molecule has 0 aromatic heterocycles. The Morgan fingerprint density at radius 2 is 0.636 bits per heavy atom. The van der Waals surface area contributed by atoms with Gasteiger partial charge in [-0.15, -0.1) is 0 Å². The van der Waals surface area contributed by atoms with E-state index in [1.807, 2.05) is 0 Å². The highest BCUT2D eigenvalue weighted by atomic mass is 16.3. The zero-order valence-electron chi connectivity index (χ0n) is 23.6. The summed E-state index contributed by atoms with van der Waals surface area (Å²) in [5, 5.41) is 29.1. The number of hydrogen-bond acceptors (Lipinski definition) is 3. The standard InChI is InChI=1S/3C10H20O/c3*1-7(2)9-5-4-8(3)6-10(9)11/h3*7-11H,4-6H2,1-3H3/t3*8-,9?,10?/m111/s1. The molecule has 3 aliphatic carbocycles. The first-order valence-corrected chi connectivity index (χ1v) is 14.4. The molecule has 0 aromatic rings. The Hall–Kier alpha value is -0.120. The summed E-state index contributed by atoms with van der Waals surface area (Å²) in [6, 6.07) is 0. The second kappa shape index (κ2) is 15.1. The summed E-state index contributed by atoms with van der Waals surface area (Å²) in [5.74, 6) is 5.84. The quantitative estimate of drug-likeness (QED) is 0.406. The van der Waals surface area contributed by atoms with E-state index in [2.05, 4.69) is 62.3 Å². The lowest BCUT2D eigenvalue weighted by Gasteiger charge is -2.33. The summed E-state index contributed by atoms with van der Waals surface area (Å²) in [6.45, 7) is 20.0. The van der Waals surface area contributed by atoms with Gasteiger partial charge in [0.2, 0.25) is 0 Å². The molecule has 0 radical (unpaired) electrons. The first kappa shape index (κ1) is 30.9. The van der Waals surface area contributed by atoms with Crippen LogP contribution in [0.4, 0.5) is 0 Å². The van der Waals surface area contributed by atoms with Crippen molar-refractivity contribution in [3.8, 4) is 0 Å². The molecule has 0 heterocycles. The Morgan fingerprint density at radius 3 is 0.788 bits per heavy atom. The van der Waals surface area contributed by atoms with Gasteiger partial charge in [-0.2, -0.15) is 0 Å². The predicted molar refractivity (Wildman–Crippen MR) is 142 cm³/mol. The third kappa shape index (κ3) is 11.0. The molecule has 198 valence electrons. The van der Waals surface area contributed by atoms with E-state index in [1.54, 1.807) is 0 Å². The van der Waals surface area contributed by atoms with E-state index in [9.17, 15) is 15.3 Å². The lowest BCUT2D eigenvalue weighted by Crippen LogP contribution is -2.31. The maximum absolute atomic E-state index is 9.71. The SMILES string of the molecule is CC(C)C1CC[C@@H](C)CC1O.CC(C)C1CC[C@@H](C)CC1O.CC(C)C1CC[C@@H](C)CC1O. The van der Waals surface area contributed by atoms with Crippen LogP contribution >= 0.6 is 0 Å². The minimum atomic E-state index is -0.0289. The Labute approximate surface area is 207 Å². The molecular weight excluding hydrogens is 408 g/mol. The average Bonchev–Trinajstić information content (AvgIpc) is 2.68. The fraction of sp³-hybridized carbons (Fsp3) is 1.00. The van der Waals surface area contributed by atoms with Gasteiger partial charge >= 0.3 is 0 Å². The molecule has 0 saturated heterocycles. The predicted octanol–water partition coefficient (Wildman–Crippen LogP) is 7.32. The minimum absolute atomic E-state index is 0.0289. The maximum atomic E-state index is 9.71. The summed E-state index contributed by atoms with van der Waals surface area (Å²) in [6.07, 6.45) is 10.5. The molecule has 3 heteroatoms. The summed E-state index contributed by atoms with van der Waals surface area (Å²) in [7, 11) is 0. The normalized spacial score (nSPS) is 39.5. The zero-order chi connectivity index (χ0) is 25.3. The van der Waals surface area contributed by atoms with Crippen LogP contribution < -0.4 is 0 Å². The van der Waals surface area contributed by atoms with E-state index in [0.29, 0.717) is 35.5 Å². The second-order valence-electron chi connectivity index (χ2n) is 13.2. The molecule has 0 aliphatic heterocycles. The molecule has 3 fully saturated rings. The lowest BCUT2D eigenvalue weighted by atomic mass is 9.75. The van der Waals surface area contributed by atoms with Crippen molar-refractivity contribution in [2.75, 3.05) is 0 Å². The van der Waals surface area contributed by atoms with Crippen molar-refractivity contribution in [2.45, 2.75) is 138 Å². The zero-order valence-corrected chi connectivity index (χ0v) is 23.6. The summed E-state index contributed by atoms with van der Waals surface area (Å²) >= 11 is 0. The van der Waals surface area contributed by atoms with Gasteiger partial charge < -0.3 is 15.3 Å². The van der Waals surface area contributed by atoms with E-state index in [4.69, 9.17) is 0 Å². The van der Waals surface area contributed by atoms with Gasteiger partial charge in [-0.25, -0.2) is 0 Å². The Kier molecular flexibility index (Phi) is 14.1. The maximum Gasteiger partial charge on any atom is 0.0573 e. The molecule has 0 amide bonds. The van der Waals surface area contributed by atoms with Crippen LogP contribution in [0.5, 0.6) is 0 Å². The third-order valence-electron chi connectivity index (χ3n) is 8.96. The monoisotopic (exact) mass is 468 g/mol. The van der Waals surface area contributed by atoms with E-state index in [0.717, 1.165) is 37.0 Å². The summed E-state index contributed by atoms with van der Waals surface area (Å²) in [5.41, 5.74) is 0. The van der Waals surface area contributed by atoms with Crippen LogP contribution in [0, 0.1) is 53.3 Å². The highest BCUT2D eigenvalue weighted by molar-refractivity contribution is 4.81. The first-order valence-electron chi connectivity index (χ1n) is 14.4. The Balaban J connectivity index is 0.000000247. The third-order valence-corrected chi connectivity index (χ3v) is 8.96. The van der Waals surface area contributed by atoms with Crippen LogP contribution in [0.15, 0.2) is 0 Å². The summed E-state index contributed by atoms with van der Waals surface area (Å²) in [4.78, 5) is 0. The lowest BCUT2D eigenvalue weighted by molar-refractivity contribution is 0.0263. The van der Waals surface area contributed by atoms with Crippen LogP contribution in [-0.4, -0.2) is 33.6 Å².